The van der Waals surface area contributed by atoms with Gasteiger partial charge in [-0.25, -0.2) is 0 Å². The topological polar surface area (TPSA) is 284 Å². The molecule has 0 aromatic heterocycles. The first kappa shape index (κ1) is 38.1. The SMILES string of the molecule is COc1cc(/C=C/C(=O)CC(=O)/C=C/c2ccc(O)c(OC)c2)ccc1O.N[C@H]1C(O)O[C@H](CO)[C@@H](O)[C@@H]1O.O=S(=O)(O)O. The number of carbonyl (C=O) groups is 2. The van der Waals surface area contributed by atoms with Gasteiger partial charge >= 0.3 is 10.4 Å². The number of phenolic OH excluding ortho intramolecular Hbond substituents is 2. The van der Waals surface area contributed by atoms with Crippen molar-refractivity contribution in [2.45, 2.75) is 37.1 Å². The number of carbonyl (C=O) groups excluding carboxylic acids is 2. The van der Waals surface area contributed by atoms with Crippen LogP contribution in [-0.4, -0.2) is 111 Å². The molecule has 0 spiro atoms. The number of rotatable bonds is 9. The van der Waals surface area contributed by atoms with Crippen molar-refractivity contribution in [3.63, 3.8) is 0 Å². The van der Waals surface area contributed by atoms with E-state index in [1.54, 1.807) is 36.4 Å². The van der Waals surface area contributed by atoms with Crippen molar-refractivity contribution in [1.82, 2.24) is 0 Å². The Labute approximate surface area is 252 Å². The molecule has 2 aromatic rings. The molecule has 1 heterocycles. The molecule has 2 aromatic carbocycles. The van der Waals surface area contributed by atoms with Crippen LogP contribution in [0.3, 0.4) is 0 Å². The summed E-state index contributed by atoms with van der Waals surface area (Å²) < 4.78 is 46.3. The van der Waals surface area contributed by atoms with Crippen LogP contribution in [-0.2, 0) is 24.7 Å². The van der Waals surface area contributed by atoms with Crippen LogP contribution in [0.15, 0.2) is 48.6 Å². The predicted molar refractivity (Wildman–Crippen MR) is 154 cm³/mol. The first-order chi connectivity index (χ1) is 20.5. The van der Waals surface area contributed by atoms with Crippen molar-refractivity contribution in [1.29, 1.82) is 0 Å². The van der Waals surface area contributed by atoms with Gasteiger partial charge in [0.1, 0.15) is 18.3 Å². The van der Waals surface area contributed by atoms with Crippen molar-refractivity contribution in [3.8, 4) is 23.0 Å². The summed E-state index contributed by atoms with van der Waals surface area (Å²) in [6.45, 7) is -0.470. The number of hydrogen-bond donors (Lipinski definition) is 9. The lowest BCUT2D eigenvalue weighted by Crippen LogP contribution is -2.61. The van der Waals surface area contributed by atoms with E-state index in [0.717, 1.165) is 0 Å². The summed E-state index contributed by atoms with van der Waals surface area (Å²) in [7, 11) is -1.80. The van der Waals surface area contributed by atoms with Crippen LogP contribution >= 0.6 is 0 Å². The Kier molecular flexibility index (Phi) is 15.6. The van der Waals surface area contributed by atoms with Gasteiger partial charge in [0.15, 0.2) is 40.9 Å². The standard InChI is InChI=1S/C21H20O6.C6H13NO5.H2O4S/c1-26-20-11-14(5-9-18(20)24)3-7-16(22)13-17(23)8-4-15-6-10-19(25)21(12-15)27-2;7-3-5(10)4(9)2(1-8)12-6(3)11;1-5(2,3)4/h3-12,24-25H,13H2,1-2H3;2-6,8-11H,1,7H2;(H2,1,2,3,4)/b7-3+,8-4+;;/t;2-,3-,4-,5-,6?;/m.1./s1. The molecule has 0 amide bonds. The molecular weight excluding hydrogens is 610 g/mol. The minimum absolute atomic E-state index is 0.00662. The third kappa shape index (κ3) is 13.6. The normalized spacial score (nSPS) is 21.5. The number of ketones is 2. The average molecular weight is 646 g/mol. The van der Waals surface area contributed by atoms with Gasteiger partial charge in [-0.2, -0.15) is 8.42 Å². The third-order valence-corrected chi connectivity index (χ3v) is 5.63. The lowest BCUT2D eigenvalue weighted by molar-refractivity contribution is -0.248. The Balaban J connectivity index is 0.000000467. The quantitative estimate of drug-likeness (QED) is 0.0940. The smallest absolute Gasteiger partial charge is 0.394 e. The van der Waals surface area contributed by atoms with Crippen LogP contribution in [0.25, 0.3) is 12.2 Å². The second kappa shape index (κ2) is 18.0. The number of aliphatic hydroxyl groups excluding tert-OH is 4. The molecule has 244 valence electrons. The van der Waals surface area contributed by atoms with Gasteiger partial charge in [0.2, 0.25) is 0 Å². The van der Waals surface area contributed by atoms with Crippen LogP contribution < -0.4 is 15.2 Å². The van der Waals surface area contributed by atoms with Crippen molar-refractivity contribution in [2.75, 3.05) is 20.8 Å². The molecular formula is C27H35NO15S. The van der Waals surface area contributed by atoms with Gasteiger partial charge in [-0.05, 0) is 47.5 Å². The Morgan fingerprint density at radius 1 is 0.864 bits per heavy atom. The molecule has 0 bridgehead atoms. The number of methoxy groups -OCH3 is 2. The first-order valence-electron chi connectivity index (χ1n) is 12.4. The lowest BCUT2D eigenvalue weighted by atomic mass is 9.98. The molecule has 1 unspecified atom stereocenters. The van der Waals surface area contributed by atoms with E-state index in [1.807, 2.05) is 0 Å². The lowest BCUT2D eigenvalue weighted by Gasteiger charge is -2.38. The van der Waals surface area contributed by atoms with Crippen molar-refractivity contribution in [3.05, 3.63) is 59.7 Å². The Morgan fingerprint density at radius 3 is 1.64 bits per heavy atom. The summed E-state index contributed by atoms with van der Waals surface area (Å²) in [5.74, 6) is -0.0832. The minimum Gasteiger partial charge on any atom is -0.504 e. The van der Waals surface area contributed by atoms with Gasteiger partial charge in [-0.3, -0.25) is 18.7 Å². The van der Waals surface area contributed by atoms with E-state index in [1.165, 1.54) is 38.5 Å². The maximum Gasteiger partial charge on any atom is 0.394 e. The highest BCUT2D eigenvalue weighted by Gasteiger charge is 2.41. The highest BCUT2D eigenvalue weighted by atomic mass is 32.3. The van der Waals surface area contributed by atoms with Crippen LogP contribution in [0.5, 0.6) is 23.0 Å². The van der Waals surface area contributed by atoms with E-state index in [-0.39, 0.29) is 29.5 Å². The van der Waals surface area contributed by atoms with Gasteiger partial charge in [0.05, 0.1) is 33.3 Å². The summed E-state index contributed by atoms with van der Waals surface area (Å²) in [6, 6.07) is 8.30. The molecule has 1 aliphatic rings. The molecule has 1 saturated heterocycles. The summed E-state index contributed by atoms with van der Waals surface area (Å²) >= 11 is 0. The van der Waals surface area contributed by atoms with Gasteiger partial charge in [0.25, 0.3) is 0 Å². The van der Waals surface area contributed by atoms with Gasteiger partial charge < -0.3 is 50.6 Å². The number of hydrogen-bond acceptors (Lipinski definition) is 14. The largest absolute Gasteiger partial charge is 0.504 e. The average Bonchev–Trinajstić information content (AvgIpc) is 2.96. The molecule has 0 radical (unpaired) electrons. The highest BCUT2D eigenvalue weighted by molar-refractivity contribution is 7.79. The second-order valence-corrected chi connectivity index (χ2v) is 9.79. The zero-order chi connectivity index (χ0) is 33.6. The zero-order valence-electron chi connectivity index (χ0n) is 23.5. The van der Waals surface area contributed by atoms with Crippen LogP contribution in [0, 0.1) is 0 Å². The number of aliphatic hydroxyl groups is 4. The highest BCUT2D eigenvalue weighted by Crippen LogP contribution is 2.27. The molecule has 1 fully saturated rings. The van der Waals surface area contributed by atoms with Crippen molar-refractivity contribution in [2.24, 2.45) is 5.73 Å². The fourth-order valence-electron chi connectivity index (χ4n) is 3.38. The summed E-state index contributed by atoms with van der Waals surface area (Å²) in [4.78, 5) is 23.9. The maximum absolute atomic E-state index is 11.9. The van der Waals surface area contributed by atoms with E-state index < -0.39 is 47.6 Å². The summed E-state index contributed by atoms with van der Waals surface area (Å²) in [5, 5.41) is 55.1. The van der Waals surface area contributed by atoms with E-state index in [9.17, 15) is 30.0 Å². The fourth-order valence-corrected chi connectivity index (χ4v) is 3.38. The monoisotopic (exact) mass is 645 g/mol. The molecule has 17 heteroatoms. The van der Waals surface area contributed by atoms with Crippen molar-refractivity contribution >= 4 is 34.1 Å². The number of benzene rings is 2. The molecule has 0 saturated carbocycles. The Bertz CT molecular complexity index is 1320. The van der Waals surface area contributed by atoms with Crippen LogP contribution in [0.4, 0.5) is 0 Å². The van der Waals surface area contributed by atoms with E-state index in [2.05, 4.69) is 0 Å². The molecule has 0 aliphatic carbocycles. The first-order valence-corrected chi connectivity index (χ1v) is 13.8. The molecule has 16 nitrogen and oxygen atoms in total. The van der Waals surface area contributed by atoms with Crippen LogP contribution in [0.2, 0.25) is 0 Å². The van der Waals surface area contributed by atoms with E-state index in [0.29, 0.717) is 22.6 Å². The second-order valence-electron chi connectivity index (χ2n) is 8.89. The predicted octanol–water partition coefficient (Wildman–Crippen LogP) is -0.538. The molecule has 3 rings (SSSR count). The molecule has 10 N–H and O–H groups in total. The summed E-state index contributed by atoms with van der Waals surface area (Å²) in [6.07, 6.45) is 0.590. The number of nitrogens with two attached hydrogens (primary N) is 1. The van der Waals surface area contributed by atoms with E-state index in [4.69, 9.17) is 47.7 Å². The Morgan fingerprint density at radius 2 is 1.27 bits per heavy atom. The number of ether oxygens (including phenoxy) is 3. The van der Waals surface area contributed by atoms with Crippen molar-refractivity contribution < 1.29 is 72.0 Å². The fraction of sp³-hybridized carbons (Fsp3) is 0.333. The Hall–Kier alpha value is -3.91. The van der Waals surface area contributed by atoms with Gasteiger partial charge in [-0.15, -0.1) is 0 Å². The number of allylic oxidation sites excluding steroid dienone is 2. The minimum atomic E-state index is -4.67. The van der Waals surface area contributed by atoms with Gasteiger partial charge in [-0.1, -0.05) is 24.3 Å². The third-order valence-electron chi connectivity index (χ3n) is 5.63. The molecule has 1 aliphatic heterocycles. The number of aromatic hydroxyl groups is 2. The molecule has 44 heavy (non-hydrogen) atoms. The molecule has 5 atom stereocenters. The maximum atomic E-state index is 11.9. The van der Waals surface area contributed by atoms with E-state index >= 15 is 0 Å². The summed E-state index contributed by atoms with van der Waals surface area (Å²) in [5.41, 5.74) is 6.59. The zero-order valence-corrected chi connectivity index (χ0v) is 24.3. The van der Waals surface area contributed by atoms with Gasteiger partial charge in [0, 0.05) is 0 Å². The number of phenols is 2. The van der Waals surface area contributed by atoms with Crippen LogP contribution in [0.1, 0.15) is 17.5 Å².